The monoisotopic (exact) mass is 440 g/mol. The van der Waals surface area contributed by atoms with Crippen LogP contribution >= 0.6 is 0 Å². The molecule has 5 aliphatic rings. The first kappa shape index (κ1) is 23.2. The van der Waals surface area contributed by atoms with Crippen LogP contribution in [0.1, 0.15) is 106 Å². The van der Waals surface area contributed by atoms with E-state index in [4.69, 9.17) is 4.74 Å². The molecule has 0 bridgehead atoms. The van der Waals surface area contributed by atoms with Crippen LogP contribution in [0.25, 0.3) is 0 Å². The number of rotatable bonds is 3. The molecule has 180 valence electrons. The summed E-state index contributed by atoms with van der Waals surface area (Å²) in [6.45, 7) is 14.7. The highest BCUT2D eigenvalue weighted by Crippen LogP contribution is 2.63. The van der Waals surface area contributed by atoms with Crippen molar-refractivity contribution in [1.82, 2.24) is 0 Å². The van der Waals surface area contributed by atoms with Crippen molar-refractivity contribution in [3.63, 3.8) is 0 Å². The Bertz CT molecular complexity index is 795. The molecule has 2 nitrogen and oxygen atoms in total. The number of aliphatic hydroxyl groups excluding tert-OH is 1. The van der Waals surface area contributed by atoms with Gasteiger partial charge in [-0.05, 0) is 106 Å². The van der Waals surface area contributed by atoms with Gasteiger partial charge in [-0.2, -0.15) is 0 Å². The van der Waals surface area contributed by atoms with Crippen LogP contribution in [-0.4, -0.2) is 22.9 Å². The van der Waals surface area contributed by atoms with Crippen molar-refractivity contribution >= 4 is 0 Å². The number of hydrogen-bond acceptors (Lipinski definition) is 2. The molecule has 1 heterocycles. The van der Waals surface area contributed by atoms with Gasteiger partial charge in [0.2, 0.25) is 0 Å². The average Bonchev–Trinajstić information content (AvgIpc) is 3.20. The molecule has 1 saturated heterocycles. The van der Waals surface area contributed by atoms with Crippen LogP contribution in [0.5, 0.6) is 0 Å². The van der Waals surface area contributed by atoms with Crippen LogP contribution in [0, 0.1) is 40.9 Å². The van der Waals surface area contributed by atoms with E-state index in [1.54, 1.807) is 11.1 Å². The fourth-order valence-corrected chi connectivity index (χ4v) is 8.90. The van der Waals surface area contributed by atoms with Crippen LogP contribution in [0.4, 0.5) is 0 Å². The molecular formula is C30H48O2. The van der Waals surface area contributed by atoms with Crippen molar-refractivity contribution in [3.8, 4) is 0 Å². The van der Waals surface area contributed by atoms with E-state index in [9.17, 15) is 5.11 Å². The Balaban J connectivity index is 1.39. The quantitative estimate of drug-likeness (QED) is 0.461. The lowest BCUT2D eigenvalue weighted by atomic mass is 9.56. The highest BCUT2D eigenvalue weighted by molar-refractivity contribution is 5.33. The van der Waals surface area contributed by atoms with Gasteiger partial charge in [0.25, 0.3) is 0 Å². The first-order chi connectivity index (χ1) is 15.2. The molecule has 0 aromatic heterocycles. The zero-order chi connectivity index (χ0) is 22.8. The fourth-order valence-electron chi connectivity index (χ4n) is 8.90. The SMILES string of the molecule is CC[C@@H](C)C[C@H]1O[C@]2(CC[C@@H]3C(=C(C)C2)C[C@H]2[C@H]3CC=C3C[C@@H](O)CC[C@@]32C)[C@H](C)[C@@H]1C. The topological polar surface area (TPSA) is 29.5 Å². The molecular weight excluding hydrogens is 392 g/mol. The predicted molar refractivity (Wildman–Crippen MR) is 132 cm³/mol. The second-order valence-corrected chi connectivity index (χ2v) is 13.0. The molecule has 1 spiro atoms. The van der Waals surface area contributed by atoms with Gasteiger partial charge in [0.05, 0.1) is 17.8 Å². The third-order valence-electron chi connectivity index (χ3n) is 11.5. The minimum absolute atomic E-state index is 0.0724. The summed E-state index contributed by atoms with van der Waals surface area (Å²) in [5.41, 5.74) is 5.46. The summed E-state index contributed by atoms with van der Waals surface area (Å²) < 4.78 is 7.08. The summed E-state index contributed by atoms with van der Waals surface area (Å²) in [7, 11) is 0. The first-order valence-corrected chi connectivity index (χ1v) is 13.9. The molecule has 2 heteroatoms. The van der Waals surface area contributed by atoms with Gasteiger partial charge < -0.3 is 9.84 Å². The molecule has 5 rings (SSSR count). The van der Waals surface area contributed by atoms with Gasteiger partial charge in [-0.25, -0.2) is 0 Å². The van der Waals surface area contributed by atoms with Crippen molar-refractivity contribution in [2.45, 2.75) is 124 Å². The molecule has 0 aromatic rings. The Hall–Kier alpha value is -0.600. The Morgan fingerprint density at radius 2 is 1.97 bits per heavy atom. The van der Waals surface area contributed by atoms with Crippen LogP contribution in [0.3, 0.4) is 0 Å². The smallest absolute Gasteiger partial charge is 0.0752 e. The normalized spacial score (nSPS) is 49.3. The van der Waals surface area contributed by atoms with Crippen LogP contribution in [0.2, 0.25) is 0 Å². The zero-order valence-corrected chi connectivity index (χ0v) is 21.6. The number of aliphatic hydroxyl groups is 1. The van der Waals surface area contributed by atoms with E-state index in [1.807, 2.05) is 5.57 Å². The van der Waals surface area contributed by atoms with Crippen LogP contribution < -0.4 is 0 Å². The van der Waals surface area contributed by atoms with E-state index in [2.05, 4.69) is 47.6 Å². The standard InChI is InChI=1S/C30H48O2/c1-7-18(2)14-28-20(4)21(5)30(32-28)13-11-24-25-9-8-22-15-23(31)10-12-29(22,6)27(25)16-26(24)19(3)17-30/h8,18,20-21,23-25,27-28,31H,7,9-17H2,1-6H3/t18-,20+,21-,23+,24+,25+,27+,28-,29+,30+/m1/s1. The number of allylic oxidation sites excluding steroid dienone is 2. The molecule has 10 atom stereocenters. The molecule has 4 aliphatic carbocycles. The number of fused-ring (bicyclic) bond motifs is 5. The number of hydrogen-bond donors (Lipinski definition) is 1. The summed E-state index contributed by atoms with van der Waals surface area (Å²) in [5.74, 6) is 4.44. The molecule has 3 fully saturated rings. The highest BCUT2D eigenvalue weighted by atomic mass is 16.5. The van der Waals surface area contributed by atoms with Crippen LogP contribution in [-0.2, 0) is 4.74 Å². The van der Waals surface area contributed by atoms with Gasteiger partial charge in [-0.3, -0.25) is 0 Å². The van der Waals surface area contributed by atoms with Gasteiger partial charge >= 0.3 is 0 Å². The Morgan fingerprint density at radius 1 is 1.19 bits per heavy atom. The van der Waals surface area contributed by atoms with Crippen molar-refractivity contribution in [3.05, 3.63) is 22.8 Å². The zero-order valence-electron chi connectivity index (χ0n) is 21.6. The maximum Gasteiger partial charge on any atom is 0.0752 e. The maximum atomic E-state index is 10.3. The Labute approximate surface area is 197 Å². The van der Waals surface area contributed by atoms with Crippen molar-refractivity contribution in [1.29, 1.82) is 0 Å². The van der Waals surface area contributed by atoms with Gasteiger partial charge in [-0.15, -0.1) is 0 Å². The number of ether oxygens (including phenoxy) is 1. The van der Waals surface area contributed by atoms with Gasteiger partial charge in [0.15, 0.2) is 0 Å². The van der Waals surface area contributed by atoms with Gasteiger partial charge in [0, 0.05) is 0 Å². The fraction of sp³-hybridized carbons (Fsp3) is 0.867. The lowest BCUT2D eigenvalue weighted by molar-refractivity contribution is -0.0704. The third-order valence-corrected chi connectivity index (χ3v) is 11.5. The minimum Gasteiger partial charge on any atom is -0.393 e. The Morgan fingerprint density at radius 3 is 2.72 bits per heavy atom. The van der Waals surface area contributed by atoms with Crippen molar-refractivity contribution < 1.29 is 9.84 Å². The molecule has 1 aliphatic heterocycles. The third kappa shape index (κ3) is 3.49. The Kier molecular flexibility index (Phi) is 5.98. The second kappa shape index (κ2) is 8.26. The highest BCUT2D eigenvalue weighted by Gasteiger charge is 2.56. The van der Waals surface area contributed by atoms with E-state index in [0.29, 0.717) is 23.4 Å². The average molecular weight is 441 g/mol. The molecule has 0 amide bonds. The molecule has 1 N–H and O–H groups in total. The lowest BCUT2D eigenvalue weighted by Crippen LogP contribution is -2.41. The summed E-state index contributed by atoms with van der Waals surface area (Å²) in [6, 6.07) is 0. The summed E-state index contributed by atoms with van der Waals surface area (Å²) in [4.78, 5) is 0. The molecule has 0 aromatic carbocycles. The van der Waals surface area contributed by atoms with Gasteiger partial charge in [0.1, 0.15) is 0 Å². The molecule has 0 unspecified atom stereocenters. The van der Waals surface area contributed by atoms with E-state index in [-0.39, 0.29) is 11.7 Å². The van der Waals surface area contributed by atoms with E-state index >= 15 is 0 Å². The maximum absolute atomic E-state index is 10.3. The summed E-state index contributed by atoms with van der Waals surface area (Å²) >= 11 is 0. The minimum atomic E-state index is -0.107. The lowest BCUT2D eigenvalue weighted by Gasteiger charge is -2.49. The largest absolute Gasteiger partial charge is 0.393 e. The van der Waals surface area contributed by atoms with E-state index in [0.717, 1.165) is 42.9 Å². The van der Waals surface area contributed by atoms with E-state index in [1.165, 1.54) is 44.9 Å². The summed E-state index contributed by atoms with van der Waals surface area (Å²) in [5, 5.41) is 10.3. The van der Waals surface area contributed by atoms with Crippen LogP contribution in [0.15, 0.2) is 22.8 Å². The van der Waals surface area contributed by atoms with Gasteiger partial charge in [-0.1, -0.05) is 63.8 Å². The second-order valence-electron chi connectivity index (χ2n) is 13.0. The van der Waals surface area contributed by atoms with Crippen molar-refractivity contribution in [2.24, 2.45) is 40.9 Å². The molecule has 0 radical (unpaired) electrons. The summed E-state index contributed by atoms with van der Waals surface area (Å²) in [6.07, 6.45) is 14.7. The van der Waals surface area contributed by atoms with Crippen molar-refractivity contribution in [2.75, 3.05) is 0 Å². The predicted octanol–water partition coefficient (Wildman–Crippen LogP) is 7.47. The molecule has 2 saturated carbocycles. The van der Waals surface area contributed by atoms with E-state index < -0.39 is 0 Å². The molecule has 32 heavy (non-hydrogen) atoms. The first-order valence-electron chi connectivity index (χ1n) is 13.9.